The molecular formula is C19H16NO+. The topological polar surface area (TPSA) is 20.9 Å². The molecule has 0 atom stereocenters. The van der Waals surface area contributed by atoms with Crippen LogP contribution in [0, 0.1) is 0 Å². The van der Waals surface area contributed by atoms with E-state index in [1.165, 1.54) is 0 Å². The van der Waals surface area contributed by atoms with Gasteiger partial charge in [0.1, 0.15) is 0 Å². The smallest absolute Gasteiger partial charge is 0.227 e. The molecule has 0 unspecified atom stereocenters. The van der Waals surface area contributed by atoms with Crippen molar-refractivity contribution in [1.82, 2.24) is 0 Å². The van der Waals surface area contributed by atoms with E-state index in [9.17, 15) is 4.79 Å². The van der Waals surface area contributed by atoms with Crippen LogP contribution in [0.2, 0.25) is 0 Å². The summed E-state index contributed by atoms with van der Waals surface area (Å²) in [7, 11) is 0. The first-order valence-electron chi connectivity index (χ1n) is 6.92. The van der Waals surface area contributed by atoms with E-state index in [4.69, 9.17) is 0 Å². The fourth-order valence-electron chi connectivity index (χ4n) is 2.49. The van der Waals surface area contributed by atoms with Crippen LogP contribution in [0.5, 0.6) is 0 Å². The van der Waals surface area contributed by atoms with Crippen LogP contribution in [0.1, 0.15) is 16.1 Å². The van der Waals surface area contributed by atoms with Gasteiger partial charge in [0.25, 0.3) is 0 Å². The molecule has 0 amide bonds. The maximum atomic E-state index is 12.5. The lowest BCUT2D eigenvalue weighted by molar-refractivity contribution is -0.658. The molecule has 0 aliphatic rings. The predicted octanol–water partition coefficient (Wildman–Crippen LogP) is 3.65. The lowest BCUT2D eigenvalue weighted by Crippen LogP contribution is -2.41. The zero-order valence-electron chi connectivity index (χ0n) is 11.7. The van der Waals surface area contributed by atoms with E-state index in [-0.39, 0.29) is 5.78 Å². The molecule has 0 fully saturated rings. The number of pyridine rings is 1. The van der Waals surface area contributed by atoms with E-state index in [1.807, 2.05) is 65.2 Å². The largest absolute Gasteiger partial charge is 0.287 e. The summed E-state index contributed by atoms with van der Waals surface area (Å²) in [4.78, 5) is 12.5. The summed E-state index contributed by atoms with van der Waals surface area (Å²) in [5.41, 5.74) is 2.71. The molecule has 0 radical (unpaired) electrons. The third-order valence-corrected chi connectivity index (χ3v) is 3.58. The Morgan fingerprint density at radius 2 is 1.67 bits per heavy atom. The lowest BCUT2D eigenvalue weighted by Gasteiger charge is -2.04. The summed E-state index contributed by atoms with van der Waals surface area (Å²) in [5, 5.41) is 1.11. The molecule has 0 spiro atoms. The van der Waals surface area contributed by atoms with Gasteiger partial charge in [0, 0.05) is 29.2 Å². The highest BCUT2D eigenvalue weighted by Gasteiger charge is 2.18. The van der Waals surface area contributed by atoms with Crippen LogP contribution in [0.15, 0.2) is 73.3 Å². The van der Waals surface area contributed by atoms with Crippen LogP contribution in [-0.4, -0.2) is 5.78 Å². The van der Waals surface area contributed by atoms with Gasteiger partial charge in [-0.25, -0.2) is 0 Å². The zero-order valence-corrected chi connectivity index (χ0v) is 11.7. The van der Waals surface area contributed by atoms with Crippen molar-refractivity contribution in [1.29, 1.82) is 0 Å². The maximum Gasteiger partial charge on any atom is 0.227 e. The highest BCUT2D eigenvalue weighted by molar-refractivity contribution is 5.95. The van der Waals surface area contributed by atoms with Gasteiger partial charge in [0.05, 0.1) is 0 Å². The number of nitrogens with zero attached hydrogens (tertiary/aromatic N) is 1. The fraction of sp³-hybridized carbons (Fsp3) is 0.0526. The van der Waals surface area contributed by atoms with E-state index in [0.29, 0.717) is 6.54 Å². The SMILES string of the molecule is C=Cc1ccc2ccccc2[n+]1CC(=O)c1ccccc1. The number of benzene rings is 2. The standard InChI is InChI=1S/C19H16NO/c1-2-17-13-12-15-8-6-7-11-18(15)20(17)14-19(21)16-9-4-3-5-10-16/h2-13H,1,14H2/q+1. The number of rotatable bonds is 4. The van der Waals surface area contributed by atoms with E-state index in [2.05, 4.69) is 12.6 Å². The van der Waals surface area contributed by atoms with Crippen LogP contribution in [0.25, 0.3) is 17.0 Å². The van der Waals surface area contributed by atoms with Crippen molar-refractivity contribution in [3.8, 4) is 0 Å². The normalized spacial score (nSPS) is 10.5. The highest BCUT2D eigenvalue weighted by Crippen LogP contribution is 2.12. The number of para-hydroxylation sites is 1. The highest BCUT2D eigenvalue weighted by atomic mass is 16.1. The van der Waals surface area contributed by atoms with Gasteiger partial charge < -0.3 is 0 Å². The third kappa shape index (κ3) is 2.61. The molecule has 1 aromatic heterocycles. The molecule has 2 nitrogen and oxygen atoms in total. The molecule has 2 aromatic carbocycles. The molecule has 2 heteroatoms. The number of hydrogen-bond donors (Lipinski definition) is 0. The van der Waals surface area contributed by atoms with Crippen molar-refractivity contribution >= 4 is 22.8 Å². The molecule has 0 saturated carbocycles. The number of aromatic nitrogens is 1. The van der Waals surface area contributed by atoms with Gasteiger partial charge >= 0.3 is 0 Å². The minimum Gasteiger partial charge on any atom is -0.287 e. The predicted molar refractivity (Wildman–Crippen MR) is 85.0 cm³/mol. The summed E-state index contributed by atoms with van der Waals surface area (Å²) >= 11 is 0. The van der Waals surface area contributed by atoms with Crippen LogP contribution in [-0.2, 0) is 6.54 Å². The molecule has 1 heterocycles. The number of fused-ring (bicyclic) bond motifs is 1. The maximum absolute atomic E-state index is 12.5. The van der Waals surface area contributed by atoms with Crippen LogP contribution in [0.4, 0.5) is 0 Å². The molecule has 0 bridgehead atoms. The molecule has 0 saturated heterocycles. The molecule has 102 valence electrons. The second kappa shape index (κ2) is 5.71. The van der Waals surface area contributed by atoms with Crippen LogP contribution >= 0.6 is 0 Å². The molecular weight excluding hydrogens is 258 g/mol. The van der Waals surface area contributed by atoms with Crippen molar-refractivity contribution in [3.63, 3.8) is 0 Å². The third-order valence-electron chi connectivity index (χ3n) is 3.58. The van der Waals surface area contributed by atoms with Crippen molar-refractivity contribution in [2.24, 2.45) is 0 Å². The quantitative estimate of drug-likeness (QED) is 0.525. The van der Waals surface area contributed by atoms with Crippen molar-refractivity contribution < 1.29 is 9.36 Å². The monoisotopic (exact) mass is 274 g/mol. The van der Waals surface area contributed by atoms with Gasteiger partial charge in [0.2, 0.25) is 23.5 Å². The number of ketones is 1. The Hall–Kier alpha value is -2.74. The van der Waals surface area contributed by atoms with E-state index < -0.39 is 0 Å². The van der Waals surface area contributed by atoms with Gasteiger partial charge in [-0.05, 0) is 12.1 Å². The van der Waals surface area contributed by atoms with E-state index in [0.717, 1.165) is 22.2 Å². The second-order valence-electron chi connectivity index (χ2n) is 4.90. The molecule has 0 aliphatic carbocycles. The van der Waals surface area contributed by atoms with Crippen molar-refractivity contribution in [2.75, 3.05) is 0 Å². The second-order valence-corrected chi connectivity index (χ2v) is 4.90. The molecule has 21 heavy (non-hydrogen) atoms. The number of carbonyl (C=O) groups excluding carboxylic acids is 1. The Morgan fingerprint density at radius 1 is 0.952 bits per heavy atom. The number of carbonyl (C=O) groups is 1. The van der Waals surface area contributed by atoms with Gasteiger partial charge in [-0.15, -0.1) is 0 Å². The first kappa shape index (κ1) is 13.3. The Kier molecular flexibility index (Phi) is 3.61. The van der Waals surface area contributed by atoms with Crippen molar-refractivity contribution in [2.45, 2.75) is 6.54 Å². The molecule has 3 aromatic rings. The molecule has 0 aliphatic heterocycles. The Labute approximate surface area is 124 Å². The van der Waals surface area contributed by atoms with Crippen LogP contribution < -0.4 is 4.57 Å². The zero-order chi connectivity index (χ0) is 14.7. The van der Waals surface area contributed by atoms with Crippen LogP contribution in [0.3, 0.4) is 0 Å². The molecule has 0 N–H and O–H groups in total. The summed E-state index contributed by atoms with van der Waals surface area (Å²) in [5.74, 6) is 0.0973. The summed E-state index contributed by atoms with van der Waals surface area (Å²) in [6.45, 7) is 4.16. The summed E-state index contributed by atoms with van der Waals surface area (Å²) in [6, 6.07) is 21.5. The van der Waals surface area contributed by atoms with Gasteiger partial charge in [-0.3, -0.25) is 4.79 Å². The minimum absolute atomic E-state index is 0.0973. The summed E-state index contributed by atoms with van der Waals surface area (Å²) < 4.78 is 2.01. The Morgan fingerprint density at radius 3 is 2.43 bits per heavy atom. The van der Waals surface area contributed by atoms with Gasteiger partial charge in [-0.2, -0.15) is 4.57 Å². The summed E-state index contributed by atoms with van der Waals surface area (Å²) in [6.07, 6.45) is 1.78. The molecule has 3 rings (SSSR count). The Bertz CT molecular complexity index is 806. The van der Waals surface area contributed by atoms with Gasteiger partial charge in [0.15, 0.2) is 0 Å². The first-order valence-corrected chi connectivity index (χ1v) is 6.92. The average molecular weight is 274 g/mol. The first-order chi connectivity index (χ1) is 10.3. The number of hydrogen-bond acceptors (Lipinski definition) is 1. The minimum atomic E-state index is 0.0973. The van der Waals surface area contributed by atoms with E-state index >= 15 is 0 Å². The Balaban J connectivity index is 2.07. The van der Waals surface area contributed by atoms with Gasteiger partial charge in [-0.1, -0.05) is 49.0 Å². The van der Waals surface area contributed by atoms with Crippen molar-refractivity contribution in [3.05, 3.63) is 84.6 Å². The lowest BCUT2D eigenvalue weighted by atomic mass is 10.1. The fourth-order valence-corrected chi connectivity index (χ4v) is 2.49. The van der Waals surface area contributed by atoms with E-state index in [1.54, 1.807) is 6.08 Å². The average Bonchev–Trinajstić information content (AvgIpc) is 2.56. The number of Topliss-reactive ketones (excluding diaryl/α,β-unsaturated/α-hetero) is 1.